The second-order valence-corrected chi connectivity index (χ2v) is 25.0. The van der Waals surface area contributed by atoms with Crippen molar-refractivity contribution in [3.8, 4) is 0 Å². The number of benzene rings is 1. The summed E-state index contributed by atoms with van der Waals surface area (Å²) < 4.78 is 12.5. The smallest absolute Gasteiger partial charge is 0.0615 e. The average molecular weight is 665 g/mol. The molecular weight excluding hydrogens is 594 g/mol. The largest absolute Gasteiger partial charge is 0.267 e. The van der Waals surface area contributed by atoms with Gasteiger partial charge in [0.2, 0.25) is 0 Å². The van der Waals surface area contributed by atoms with Gasteiger partial charge < -0.3 is 0 Å². The first-order valence-electron chi connectivity index (χ1n) is 21.1. The van der Waals surface area contributed by atoms with Gasteiger partial charge in [0.25, 0.3) is 0 Å². The molecule has 7 rings (SSSR count). The summed E-state index contributed by atoms with van der Waals surface area (Å²) in [5, 5.41) is 0. The van der Waals surface area contributed by atoms with Crippen LogP contribution in [0.2, 0.25) is 0 Å². The molecule has 1 aromatic rings. The molecule has 0 spiro atoms. The van der Waals surface area contributed by atoms with Crippen molar-refractivity contribution in [1.29, 1.82) is 0 Å². The van der Waals surface area contributed by atoms with Crippen molar-refractivity contribution in [1.82, 2.24) is 0 Å². The number of hydrogen-bond acceptors (Lipinski definition) is 2. The Balaban J connectivity index is 1.30. The molecule has 258 valence electrons. The van der Waals surface area contributed by atoms with E-state index < -0.39 is 14.1 Å². The Kier molecular flexibility index (Phi) is 12.3. The van der Waals surface area contributed by atoms with E-state index >= 15 is 0 Å². The van der Waals surface area contributed by atoms with Crippen LogP contribution in [0.5, 0.6) is 0 Å². The summed E-state index contributed by atoms with van der Waals surface area (Å²) in [6.07, 6.45) is 44.2. The Morgan fingerprint density at radius 3 is 0.630 bits per heavy atom. The molecule has 6 saturated carbocycles. The summed E-state index contributed by atoms with van der Waals surface area (Å²) in [6.45, 7) is 0. The first-order chi connectivity index (χ1) is 22.8. The molecule has 4 heteroatoms. The minimum absolute atomic E-state index is 0.916. The van der Waals surface area contributed by atoms with E-state index in [-0.39, 0.29) is 0 Å². The number of rotatable bonds is 8. The minimum Gasteiger partial charge on any atom is -0.267 e. The van der Waals surface area contributed by atoms with Gasteiger partial charge in [0, 0.05) is 0 Å². The van der Waals surface area contributed by atoms with Crippen molar-refractivity contribution in [2.24, 2.45) is 9.49 Å². The highest BCUT2D eigenvalue weighted by Crippen LogP contribution is 2.73. The van der Waals surface area contributed by atoms with Gasteiger partial charge in [0.1, 0.15) is 0 Å². The lowest BCUT2D eigenvalue weighted by molar-refractivity contribution is 0.455. The topological polar surface area (TPSA) is 24.7 Å². The van der Waals surface area contributed by atoms with E-state index in [0.29, 0.717) is 0 Å². The Hall–Kier alpha value is -0.320. The molecule has 0 heterocycles. The molecule has 0 radical (unpaired) electrons. The third-order valence-electron chi connectivity index (χ3n) is 14.4. The molecule has 6 fully saturated rings. The van der Waals surface area contributed by atoms with E-state index in [9.17, 15) is 0 Å². The maximum Gasteiger partial charge on any atom is 0.0615 e. The standard InChI is InChI=1S/C42H70N2P2/c1-7-19-37(20-8-1)45(38-21-9-2-10-22-38,39-23-11-3-12-24-39)43-35-31-33-36(34-32-35)44-46(40-25-13-4-14-26-40,41-27-15-5-16-28-41)42-29-17-6-18-30-42/h31-34,37-42H,1-30H2. The van der Waals surface area contributed by atoms with Crippen LogP contribution in [0, 0.1) is 0 Å². The molecule has 0 saturated heterocycles. The van der Waals surface area contributed by atoms with E-state index in [1.165, 1.54) is 204 Å². The molecule has 6 aliphatic rings. The molecule has 6 aliphatic carbocycles. The highest BCUT2D eigenvalue weighted by atomic mass is 31.2. The molecule has 1 aromatic carbocycles. The lowest BCUT2D eigenvalue weighted by Gasteiger charge is -2.48. The minimum atomic E-state index is -1.46. The maximum absolute atomic E-state index is 6.25. The van der Waals surface area contributed by atoms with Crippen LogP contribution in [-0.4, -0.2) is 34.0 Å². The van der Waals surface area contributed by atoms with Crippen LogP contribution in [0.3, 0.4) is 0 Å². The molecule has 0 aliphatic heterocycles. The van der Waals surface area contributed by atoms with Gasteiger partial charge in [-0.2, -0.15) is 0 Å². The van der Waals surface area contributed by atoms with Crippen LogP contribution in [-0.2, 0) is 0 Å². The molecule has 0 N–H and O–H groups in total. The molecule has 0 amide bonds. The fourth-order valence-electron chi connectivity index (χ4n) is 12.2. The molecule has 0 bridgehead atoms. The zero-order chi connectivity index (χ0) is 31.1. The average Bonchev–Trinajstić information content (AvgIpc) is 3.16. The van der Waals surface area contributed by atoms with Gasteiger partial charge in [-0.1, -0.05) is 116 Å². The quantitative estimate of drug-likeness (QED) is 0.247. The van der Waals surface area contributed by atoms with Gasteiger partial charge in [-0.25, -0.2) is 0 Å². The second kappa shape index (κ2) is 16.6. The SMILES string of the molecule is c1cc(N=P(C2CCCCC2)(C2CCCCC2)C2CCCCC2)ccc1N=P(C1CCCCC1)(C1CCCCC1)C1CCCCC1. The summed E-state index contributed by atoms with van der Waals surface area (Å²) in [6, 6.07) is 10.00. The summed E-state index contributed by atoms with van der Waals surface area (Å²) in [5.41, 5.74) is 8.20. The summed E-state index contributed by atoms with van der Waals surface area (Å²) in [7, 11) is -2.93. The van der Waals surface area contributed by atoms with Crippen LogP contribution in [0.25, 0.3) is 0 Å². The van der Waals surface area contributed by atoms with Gasteiger partial charge in [-0.15, -0.1) is 0 Å². The Bertz CT molecular complexity index is 969. The normalized spacial score (nSPS) is 26.6. The van der Waals surface area contributed by atoms with Crippen LogP contribution in [0.15, 0.2) is 33.8 Å². The lowest BCUT2D eigenvalue weighted by Crippen LogP contribution is -2.31. The summed E-state index contributed by atoms with van der Waals surface area (Å²) >= 11 is 0. The van der Waals surface area contributed by atoms with Crippen molar-refractivity contribution in [2.45, 2.75) is 227 Å². The first kappa shape index (κ1) is 34.1. The molecule has 0 atom stereocenters. The van der Waals surface area contributed by atoms with Crippen molar-refractivity contribution >= 4 is 25.5 Å². The van der Waals surface area contributed by atoms with Crippen LogP contribution in [0.4, 0.5) is 11.4 Å². The van der Waals surface area contributed by atoms with E-state index in [4.69, 9.17) is 9.49 Å². The third-order valence-corrected chi connectivity index (χ3v) is 25.7. The summed E-state index contributed by atoms with van der Waals surface area (Å²) in [4.78, 5) is 0. The fraction of sp³-hybridized carbons (Fsp3) is 0.857. The maximum atomic E-state index is 6.25. The van der Waals surface area contributed by atoms with Gasteiger partial charge in [0.15, 0.2) is 0 Å². The Labute approximate surface area is 285 Å². The predicted octanol–water partition coefficient (Wildman–Crippen LogP) is 15.3. The number of hydrogen-bond donors (Lipinski definition) is 0. The van der Waals surface area contributed by atoms with E-state index in [0.717, 1.165) is 34.0 Å². The number of nitrogens with zero attached hydrogens (tertiary/aromatic N) is 2. The predicted molar refractivity (Wildman–Crippen MR) is 206 cm³/mol. The van der Waals surface area contributed by atoms with Crippen molar-refractivity contribution < 1.29 is 0 Å². The Morgan fingerprint density at radius 1 is 0.283 bits per heavy atom. The first-order valence-corrected chi connectivity index (χ1v) is 25.0. The van der Waals surface area contributed by atoms with E-state index in [1.54, 1.807) is 0 Å². The van der Waals surface area contributed by atoms with Crippen molar-refractivity contribution in [2.75, 3.05) is 0 Å². The highest BCUT2D eigenvalue weighted by molar-refractivity contribution is 7.69. The molecule has 0 aromatic heterocycles. The summed E-state index contributed by atoms with van der Waals surface area (Å²) in [5.74, 6) is 0. The molecular formula is C42H70N2P2. The third kappa shape index (κ3) is 7.40. The van der Waals surface area contributed by atoms with Crippen LogP contribution in [0.1, 0.15) is 193 Å². The van der Waals surface area contributed by atoms with Gasteiger partial charge in [-0.3, -0.25) is 9.49 Å². The van der Waals surface area contributed by atoms with Crippen molar-refractivity contribution in [3.05, 3.63) is 24.3 Å². The molecule has 0 unspecified atom stereocenters. The Morgan fingerprint density at radius 2 is 0.457 bits per heavy atom. The second-order valence-electron chi connectivity index (χ2n) is 17.1. The zero-order valence-electron chi connectivity index (χ0n) is 29.8. The van der Waals surface area contributed by atoms with Crippen molar-refractivity contribution in [3.63, 3.8) is 0 Å². The van der Waals surface area contributed by atoms with Gasteiger partial charge in [0.05, 0.1) is 11.4 Å². The molecule has 2 nitrogen and oxygen atoms in total. The van der Waals surface area contributed by atoms with E-state index in [1.807, 2.05) is 0 Å². The van der Waals surface area contributed by atoms with E-state index in [2.05, 4.69) is 24.3 Å². The van der Waals surface area contributed by atoms with Crippen LogP contribution < -0.4 is 0 Å². The van der Waals surface area contributed by atoms with Crippen LogP contribution >= 0.6 is 14.1 Å². The zero-order valence-corrected chi connectivity index (χ0v) is 31.6. The van der Waals surface area contributed by atoms with Gasteiger partial charge in [-0.05, 0) is 149 Å². The fourth-order valence-corrected chi connectivity index (χ4v) is 25.0. The molecule has 46 heavy (non-hydrogen) atoms. The van der Waals surface area contributed by atoms with Gasteiger partial charge >= 0.3 is 0 Å². The lowest BCUT2D eigenvalue weighted by atomic mass is 9.99. The highest BCUT2D eigenvalue weighted by Gasteiger charge is 2.46. The monoisotopic (exact) mass is 665 g/mol.